The molecule has 0 aromatic carbocycles. The highest BCUT2D eigenvalue weighted by Crippen LogP contribution is 1.86. The normalized spacial score (nSPS) is 10.5. The minimum atomic E-state index is -0.874. The summed E-state index contributed by atoms with van der Waals surface area (Å²) in [7, 11) is 0. The zero-order valence-corrected chi connectivity index (χ0v) is 6.41. The van der Waals surface area contributed by atoms with Crippen LogP contribution in [0.1, 0.15) is 0 Å². The average Bonchev–Trinajstić information content (AvgIpc) is 1.98. The summed E-state index contributed by atoms with van der Waals surface area (Å²) in [5.41, 5.74) is 4.68. The predicted molar refractivity (Wildman–Crippen MR) is 43.1 cm³/mol. The Hall–Kier alpha value is -1.78. The van der Waals surface area contributed by atoms with Crippen molar-refractivity contribution in [1.82, 2.24) is 5.32 Å². The van der Waals surface area contributed by atoms with Gasteiger partial charge in [-0.1, -0.05) is 6.08 Å². The van der Waals surface area contributed by atoms with Crippen molar-refractivity contribution in [3.8, 4) is 0 Å². The molecular weight excluding hydrogens is 160 g/mol. The molecule has 0 saturated heterocycles. The summed E-state index contributed by atoms with van der Waals surface area (Å²) in [4.78, 5) is 20.9. The minimum Gasteiger partial charge on any atom is -0.503 e. The summed E-state index contributed by atoms with van der Waals surface area (Å²) in [6.45, 7) is 3.56. The quantitative estimate of drug-likeness (QED) is 0.293. The van der Waals surface area contributed by atoms with Crippen LogP contribution in [0.4, 0.5) is 0 Å². The molecule has 0 fully saturated rings. The molecule has 0 rings (SSSR count). The number of nitrogens with one attached hydrogen (secondary N) is 1. The molecule has 0 spiro atoms. The van der Waals surface area contributed by atoms with Gasteiger partial charge in [-0.15, -0.1) is 6.58 Å². The van der Waals surface area contributed by atoms with Crippen LogP contribution in [0, 0.1) is 0 Å². The standard InChI is InChI=1S/C7H10N2O3/c1-2-3-9-7(12)5(10)4-6(8)11/h2,4,10H,1,3H2,(H2,8,11)(H,9,12)/b5-4-. The van der Waals surface area contributed by atoms with Gasteiger partial charge in [-0.25, -0.2) is 0 Å². The molecule has 0 saturated carbocycles. The van der Waals surface area contributed by atoms with Gasteiger partial charge in [0, 0.05) is 6.54 Å². The van der Waals surface area contributed by atoms with Crippen molar-refractivity contribution in [3.05, 3.63) is 24.5 Å². The molecule has 66 valence electrons. The number of aliphatic hydroxyl groups is 1. The third kappa shape index (κ3) is 4.10. The van der Waals surface area contributed by atoms with E-state index < -0.39 is 17.6 Å². The molecule has 0 aromatic rings. The lowest BCUT2D eigenvalue weighted by atomic mass is 10.4. The van der Waals surface area contributed by atoms with Gasteiger partial charge in [-0.2, -0.15) is 0 Å². The summed E-state index contributed by atoms with van der Waals surface area (Å²) in [5, 5.41) is 11.1. The number of amides is 2. The van der Waals surface area contributed by atoms with E-state index in [4.69, 9.17) is 5.11 Å². The molecule has 0 atom stereocenters. The molecule has 0 unspecified atom stereocenters. The van der Waals surface area contributed by atoms with Crippen molar-refractivity contribution < 1.29 is 14.7 Å². The zero-order chi connectivity index (χ0) is 9.56. The predicted octanol–water partition coefficient (Wildman–Crippen LogP) is -0.784. The van der Waals surface area contributed by atoms with E-state index in [2.05, 4.69) is 17.6 Å². The van der Waals surface area contributed by atoms with E-state index in [9.17, 15) is 9.59 Å². The second-order valence-corrected chi connectivity index (χ2v) is 1.93. The van der Waals surface area contributed by atoms with E-state index >= 15 is 0 Å². The maximum Gasteiger partial charge on any atom is 0.286 e. The molecule has 0 aromatic heterocycles. The van der Waals surface area contributed by atoms with Crippen LogP contribution in [0.2, 0.25) is 0 Å². The molecule has 5 heteroatoms. The second-order valence-electron chi connectivity index (χ2n) is 1.93. The first kappa shape index (κ1) is 10.2. The number of carbonyl (C=O) groups is 2. The molecule has 0 aliphatic carbocycles. The molecule has 0 radical (unpaired) electrons. The van der Waals surface area contributed by atoms with Gasteiger partial charge in [0.25, 0.3) is 5.91 Å². The Morgan fingerprint density at radius 2 is 2.17 bits per heavy atom. The van der Waals surface area contributed by atoms with Gasteiger partial charge >= 0.3 is 0 Å². The van der Waals surface area contributed by atoms with Crippen molar-refractivity contribution in [2.24, 2.45) is 5.73 Å². The molecule has 0 aliphatic rings. The second kappa shape index (κ2) is 4.95. The highest BCUT2D eigenvalue weighted by atomic mass is 16.3. The molecule has 0 heterocycles. The van der Waals surface area contributed by atoms with Crippen LogP contribution in [-0.2, 0) is 9.59 Å². The fourth-order valence-electron chi connectivity index (χ4n) is 0.456. The van der Waals surface area contributed by atoms with Gasteiger partial charge in [0.05, 0.1) is 6.08 Å². The fraction of sp³-hybridized carbons (Fsp3) is 0.143. The molecule has 5 nitrogen and oxygen atoms in total. The fourth-order valence-corrected chi connectivity index (χ4v) is 0.456. The lowest BCUT2D eigenvalue weighted by Gasteiger charge is -1.98. The highest BCUT2D eigenvalue weighted by Gasteiger charge is 2.05. The van der Waals surface area contributed by atoms with Gasteiger partial charge in [-0.3, -0.25) is 9.59 Å². The summed E-state index contributed by atoms with van der Waals surface area (Å²) < 4.78 is 0. The van der Waals surface area contributed by atoms with Gasteiger partial charge in [-0.05, 0) is 0 Å². The Kier molecular flexibility index (Phi) is 4.21. The number of nitrogens with two attached hydrogens (primary N) is 1. The van der Waals surface area contributed by atoms with Crippen LogP contribution >= 0.6 is 0 Å². The third-order valence-electron chi connectivity index (χ3n) is 0.919. The van der Waals surface area contributed by atoms with Crippen LogP contribution in [0.25, 0.3) is 0 Å². The largest absolute Gasteiger partial charge is 0.503 e. The van der Waals surface area contributed by atoms with E-state index in [0.29, 0.717) is 6.08 Å². The van der Waals surface area contributed by atoms with Crippen molar-refractivity contribution in [3.63, 3.8) is 0 Å². The maximum absolute atomic E-state index is 10.8. The van der Waals surface area contributed by atoms with Crippen LogP contribution in [-0.4, -0.2) is 23.5 Å². The van der Waals surface area contributed by atoms with Gasteiger partial charge in [0.2, 0.25) is 5.91 Å². The topological polar surface area (TPSA) is 92.4 Å². The van der Waals surface area contributed by atoms with Crippen molar-refractivity contribution >= 4 is 11.8 Å². The summed E-state index contributed by atoms with van der Waals surface area (Å²) >= 11 is 0. The number of hydrogen-bond donors (Lipinski definition) is 3. The van der Waals surface area contributed by atoms with Crippen molar-refractivity contribution in [2.45, 2.75) is 0 Å². The monoisotopic (exact) mass is 170 g/mol. The van der Waals surface area contributed by atoms with Gasteiger partial charge in [0.1, 0.15) is 0 Å². The summed E-state index contributed by atoms with van der Waals surface area (Å²) in [6, 6.07) is 0. The lowest BCUT2D eigenvalue weighted by molar-refractivity contribution is -0.120. The Morgan fingerprint density at radius 1 is 1.58 bits per heavy atom. The van der Waals surface area contributed by atoms with Crippen LogP contribution in [0.5, 0.6) is 0 Å². The Balaban J connectivity index is 4.09. The van der Waals surface area contributed by atoms with E-state index in [1.165, 1.54) is 6.08 Å². The first-order chi connectivity index (χ1) is 5.57. The van der Waals surface area contributed by atoms with E-state index in [0.717, 1.165) is 0 Å². The number of carbonyl (C=O) groups excluding carboxylic acids is 2. The summed E-state index contributed by atoms with van der Waals surface area (Å²) in [5.74, 6) is -2.33. The number of aliphatic hydroxyl groups excluding tert-OH is 1. The maximum atomic E-state index is 10.8. The van der Waals surface area contributed by atoms with E-state index in [-0.39, 0.29) is 6.54 Å². The van der Waals surface area contributed by atoms with Crippen LogP contribution in [0.15, 0.2) is 24.5 Å². The summed E-state index contributed by atoms with van der Waals surface area (Å²) in [6.07, 6.45) is 2.08. The van der Waals surface area contributed by atoms with E-state index in [1.54, 1.807) is 0 Å². The van der Waals surface area contributed by atoms with Crippen LogP contribution < -0.4 is 11.1 Å². The number of primary amides is 1. The third-order valence-corrected chi connectivity index (χ3v) is 0.919. The van der Waals surface area contributed by atoms with Gasteiger partial charge < -0.3 is 16.2 Å². The highest BCUT2D eigenvalue weighted by molar-refractivity contribution is 5.98. The Bertz CT molecular complexity index is 233. The lowest BCUT2D eigenvalue weighted by Crippen LogP contribution is -2.25. The molecular formula is C7H10N2O3. The number of hydrogen-bond acceptors (Lipinski definition) is 3. The zero-order valence-electron chi connectivity index (χ0n) is 6.41. The molecule has 4 N–H and O–H groups in total. The first-order valence-electron chi connectivity index (χ1n) is 3.17. The van der Waals surface area contributed by atoms with Crippen molar-refractivity contribution in [1.29, 1.82) is 0 Å². The SMILES string of the molecule is C=CCNC(=O)/C(O)=C/C(N)=O. The molecule has 0 aliphatic heterocycles. The smallest absolute Gasteiger partial charge is 0.286 e. The van der Waals surface area contributed by atoms with Crippen LogP contribution in [0.3, 0.4) is 0 Å². The van der Waals surface area contributed by atoms with Crippen molar-refractivity contribution in [2.75, 3.05) is 6.54 Å². The van der Waals surface area contributed by atoms with Gasteiger partial charge in [0.15, 0.2) is 5.76 Å². The Morgan fingerprint density at radius 3 is 2.58 bits per heavy atom. The van der Waals surface area contributed by atoms with E-state index in [1.807, 2.05) is 0 Å². The average molecular weight is 170 g/mol. The molecule has 2 amide bonds. The molecule has 0 bridgehead atoms. The Labute approximate surface area is 69.6 Å². The number of rotatable bonds is 4. The molecule has 12 heavy (non-hydrogen) atoms. The first-order valence-corrected chi connectivity index (χ1v) is 3.17. The minimum absolute atomic E-state index is 0.218.